The third kappa shape index (κ3) is 3.40. The van der Waals surface area contributed by atoms with Crippen molar-refractivity contribution in [2.75, 3.05) is 39.9 Å². The molecule has 98 valence electrons. The summed E-state index contributed by atoms with van der Waals surface area (Å²) in [5, 5.41) is 2.89. The molecule has 1 saturated carbocycles. The van der Waals surface area contributed by atoms with Gasteiger partial charge < -0.3 is 15.8 Å². The van der Waals surface area contributed by atoms with Crippen molar-refractivity contribution >= 4 is 5.91 Å². The van der Waals surface area contributed by atoms with Crippen LogP contribution >= 0.6 is 0 Å². The lowest BCUT2D eigenvalue weighted by molar-refractivity contribution is -0.124. The maximum atomic E-state index is 11.6. The van der Waals surface area contributed by atoms with Crippen molar-refractivity contribution in [2.45, 2.75) is 24.8 Å². The maximum Gasteiger partial charge on any atom is 0.234 e. The Balaban J connectivity index is 1.55. The molecule has 5 nitrogen and oxygen atoms in total. The van der Waals surface area contributed by atoms with Crippen LogP contribution in [0.5, 0.6) is 0 Å². The van der Waals surface area contributed by atoms with E-state index in [0.717, 1.165) is 19.5 Å². The lowest BCUT2D eigenvalue weighted by Gasteiger charge is -2.48. The number of amides is 1. The molecule has 0 bridgehead atoms. The van der Waals surface area contributed by atoms with Crippen LogP contribution in [-0.2, 0) is 9.53 Å². The largest absolute Gasteiger partial charge is 0.385 e. The first kappa shape index (κ1) is 12.8. The number of carbonyl (C=O) groups is 1. The molecule has 0 spiro atoms. The second kappa shape index (κ2) is 5.33. The average molecular weight is 241 g/mol. The molecule has 1 aliphatic carbocycles. The van der Waals surface area contributed by atoms with E-state index in [1.54, 1.807) is 7.11 Å². The van der Waals surface area contributed by atoms with Gasteiger partial charge in [0.1, 0.15) is 0 Å². The molecule has 0 aromatic rings. The zero-order chi connectivity index (χ0) is 12.3. The highest BCUT2D eigenvalue weighted by molar-refractivity contribution is 5.78. The minimum absolute atomic E-state index is 0.0102. The molecule has 5 heteroatoms. The van der Waals surface area contributed by atoms with Gasteiger partial charge in [-0.15, -0.1) is 0 Å². The molecule has 17 heavy (non-hydrogen) atoms. The average Bonchev–Trinajstić information content (AvgIpc) is 3.06. The second-order valence-corrected chi connectivity index (χ2v) is 5.35. The van der Waals surface area contributed by atoms with Gasteiger partial charge >= 0.3 is 0 Å². The Hall–Kier alpha value is -0.650. The van der Waals surface area contributed by atoms with Crippen molar-refractivity contribution < 1.29 is 9.53 Å². The lowest BCUT2D eigenvalue weighted by atomic mass is 9.86. The summed E-state index contributed by atoms with van der Waals surface area (Å²) in [4.78, 5) is 13.7. The second-order valence-electron chi connectivity index (χ2n) is 5.35. The number of rotatable bonds is 7. The molecule has 1 aliphatic heterocycles. The first-order chi connectivity index (χ1) is 8.14. The van der Waals surface area contributed by atoms with Crippen molar-refractivity contribution in [3.05, 3.63) is 0 Å². The van der Waals surface area contributed by atoms with E-state index in [4.69, 9.17) is 10.5 Å². The van der Waals surface area contributed by atoms with Gasteiger partial charge in [-0.1, -0.05) is 0 Å². The van der Waals surface area contributed by atoms with E-state index >= 15 is 0 Å². The Bertz CT molecular complexity index is 273. The van der Waals surface area contributed by atoms with Gasteiger partial charge in [0, 0.05) is 38.9 Å². The monoisotopic (exact) mass is 241 g/mol. The van der Waals surface area contributed by atoms with Crippen LogP contribution in [0.4, 0.5) is 0 Å². The van der Waals surface area contributed by atoms with Crippen LogP contribution in [0, 0.1) is 5.92 Å². The number of hydrogen-bond acceptors (Lipinski definition) is 4. The number of nitrogens with one attached hydrogen (secondary N) is 1. The summed E-state index contributed by atoms with van der Waals surface area (Å²) in [6.07, 6.45) is 3.41. The van der Waals surface area contributed by atoms with Crippen molar-refractivity contribution in [2.24, 2.45) is 11.7 Å². The number of nitrogens with zero attached hydrogens (tertiary/aromatic N) is 1. The highest BCUT2D eigenvalue weighted by Crippen LogP contribution is 2.42. The molecule has 0 radical (unpaired) electrons. The summed E-state index contributed by atoms with van der Waals surface area (Å²) in [5.74, 6) is 0.808. The Morgan fingerprint density at radius 3 is 2.82 bits per heavy atom. The van der Waals surface area contributed by atoms with Crippen molar-refractivity contribution in [1.29, 1.82) is 0 Å². The number of likely N-dealkylation sites (tertiary alicyclic amines) is 1. The topological polar surface area (TPSA) is 67.6 Å². The van der Waals surface area contributed by atoms with Crippen LogP contribution in [0.15, 0.2) is 0 Å². The highest BCUT2D eigenvalue weighted by atomic mass is 16.5. The number of carbonyl (C=O) groups excluding carboxylic acids is 1. The number of methoxy groups -OCH3 is 1. The van der Waals surface area contributed by atoms with Gasteiger partial charge in [0.2, 0.25) is 5.91 Å². The van der Waals surface area contributed by atoms with Gasteiger partial charge in [0.25, 0.3) is 0 Å². The van der Waals surface area contributed by atoms with Gasteiger partial charge in [-0.3, -0.25) is 9.69 Å². The molecule has 1 saturated heterocycles. The lowest BCUT2D eigenvalue weighted by Crippen LogP contribution is -2.69. The summed E-state index contributed by atoms with van der Waals surface area (Å²) in [6, 6.07) is 0. The van der Waals surface area contributed by atoms with Crippen LogP contribution in [0.2, 0.25) is 0 Å². The Kier molecular flexibility index (Phi) is 4.01. The Morgan fingerprint density at radius 1 is 1.53 bits per heavy atom. The van der Waals surface area contributed by atoms with Crippen LogP contribution in [0.3, 0.4) is 0 Å². The molecule has 3 N–H and O–H groups in total. The Labute approximate surface area is 103 Å². The standard InChI is InChI=1S/C12H23N3O2/c1-17-6-2-5-14-11(16)7-15-8-12(13,9-15)10-3-4-10/h10H,2-9,13H2,1H3,(H,14,16). The summed E-state index contributed by atoms with van der Waals surface area (Å²) in [5.41, 5.74) is 6.23. The van der Waals surface area contributed by atoms with Crippen molar-refractivity contribution in [1.82, 2.24) is 10.2 Å². The quantitative estimate of drug-likeness (QED) is 0.593. The van der Waals surface area contributed by atoms with Crippen LogP contribution in [-0.4, -0.2) is 56.2 Å². The van der Waals surface area contributed by atoms with Gasteiger partial charge in [-0.2, -0.15) is 0 Å². The fourth-order valence-corrected chi connectivity index (χ4v) is 2.52. The molecule has 0 atom stereocenters. The van der Waals surface area contributed by atoms with E-state index < -0.39 is 0 Å². The van der Waals surface area contributed by atoms with E-state index in [1.165, 1.54) is 12.8 Å². The molecule has 0 aromatic carbocycles. The van der Waals surface area contributed by atoms with E-state index in [0.29, 0.717) is 25.6 Å². The predicted octanol–water partition coefficient (Wildman–Crippen LogP) is -0.438. The molecule has 2 fully saturated rings. The van der Waals surface area contributed by atoms with E-state index in [1.807, 2.05) is 0 Å². The summed E-state index contributed by atoms with van der Waals surface area (Å²) in [7, 11) is 1.67. The fourth-order valence-electron chi connectivity index (χ4n) is 2.52. The van der Waals surface area contributed by atoms with Gasteiger partial charge in [-0.05, 0) is 25.2 Å². The first-order valence-corrected chi connectivity index (χ1v) is 6.41. The summed E-state index contributed by atoms with van der Waals surface area (Å²) >= 11 is 0. The van der Waals surface area contributed by atoms with Crippen molar-refractivity contribution in [3.63, 3.8) is 0 Å². The Morgan fingerprint density at radius 2 is 2.24 bits per heavy atom. The molecular weight excluding hydrogens is 218 g/mol. The summed E-state index contributed by atoms with van der Waals surface area (Å²) in [6.45, 7) is 3.62. The van der Waals surface area contributed by atoms with E-state index in [2.05, 4.69) is 10.2 Å². The van der Waals surface area contributed by atoms with Crippen LogP contribution in [0.1, 0.15) is 19.3 Å². The molecule has 1 heterocycles. The van der Waals surface area contributed by atoms with Crippen LogP contribution in [0.25, 0.3) is 0 Å². The predicted molar refractivity (Wildman–Crippen MR) is 65.6 cm³/mol. The first-order valence-electron chi connectivity index (χ1n) is 6.41. The van der Waals surface area contributed by atoms with E-state index in [9.17, 15) is 4.79 Å². The molecule has 0 unspecified atom stereocenters. The maximum absolute atomic E-state index is 11.6. The molecular formula is C12H23N3O2. The number of hydrogen-bond donors (Lipinski definition) is 2. The zero-order valence-corrected chi connectivity index (χ0v) is 10.6. The van der Waals surface area contributed by atoms with Gasteiger partial charge in [-0.25, -0.2) is 0 Å². The minimum atomic E-state index is 0.0102. The van der Waals surface area contributed by atoms with Crippen molar-refractivity contribution in [3.8, 4) is 0 Å². The highest BCUT2D eigenvalue weighted by Gasteiger charge is 2.50. The normalized spacial score (nSPS) is 23.2. The van der Waals surface area contributed by atoms with Gasteiger partial charge in [0.15, 0.2) is 0 Å². The zero-order valence-electron chi connectivity index (χ0n) is 10.6. The van der Waals surface area contributed by atoms with Gasteiger partial charge in [0.05, 0.1) is 6.54 Å². The molecule has 1 amide bonds. The van der Waals surface area contributed by atoms with E-state index in [-0.39, 0.29) is 11.4 Å². The molecule has 2 aliphatic rings. The minimum Gasteiger partial charge on any atom is -0.385 e. The SMILES string of the molecule is COCCCNC(=O)CN1CC(N)(C2CC2)C1. The summed E-state index contributed by atoms with van der Waals surface area (Å²) < 4.78 is 4.92. The molecule has 2 rings (SSSR count). The third-order valence-corrected chi connectivity index (χ3v) is 3.64. The molecule has 0 aromatic heterocycles. The fraction of sp³-hybridized carbons (Fsp3) is 0.917. The number of nitrogens with two attached hydrogens (primary N) is 1. The third-order valence-electron chi connectivity index (χ3n) is 3.64. The number of ether oxygens (including phenoxy) is 1. The van der Waals surface area contributed by atoms with Crippen LogP contribution < -0.4 is 11.1 Å². The smallest absolute Gasteiger partial charge is 0.234 e.